The first-order valence-corrected chi connectivity index (χ1v) is 17.6. The van der Waals surface area contributed by atoms with Crippen LogP contribution in [0.2, 0.25) is 0 Å². The van der Waals surface area contributed by atoms with Crippen LogP contribution in [-0.2, 0) is 0 Å². The van der Waals surface area contributed by atoms with Crippen molar-refractivity contribution in [3.05, 3.63) is 176 Å². The van der Waals surface area contributed by atoms with Gasteiger partial charge in [-0.05, 0) is 86.3 Å². The van der Waals surface area contributed by atoms with E-state index in [2.05, 4.69) is 185 Å². The number of aromatic nitrogens is 2. The summed E-state index contributed by atoms with van der Waals surface area (Å²) < 4.78 is 5.01. The molecule has 1 atom stereocenters. The van der Waals surface area contributed by atoms with Gasteiger partial charge < -0.3 is 9.13 Å². The summed E-state index contributed by atoms with van der Waals surface area (Å²) in [5.74, 6) is 0. The molecule has 0 fully saturated rings. The third-order valence-electron chi connectivity index (χ3n) is 11.0. The number of allylic oxidation sites excluding steroid dienone is 4. The maximum absolute atomic E-state index is 2.54. The fourth-order valence-corrected chi connectivity index (χ4v) is 8.86. The van der Waals surface area contributed by atoms with E-state index >= 15 is 0 Å². The van der Waals surface area contributed by atoms with E-state index in [9.17, 15) is 0 Å². The SMILES string of the molecule is C1=CCC(n2c3ccccc3c3ccc(-c4cccc5c4c4ccccc4n5-c4ccc5c6ccccc6c6ccccc6c5c4)cc32)C=C1. The Kier molecular flexibility index (Phi) is 5.82. The first-order chi connectivity index (χ1) is 24.8. The van der Waals surface area contributed by atoms with Crippen LogP contribution in [0, 0.1) is 0 Å². The van der Waals surface area contributed by atoms with Crippen molar-refractivity contribution in [1.29, 1.82) is 0 Å². The van der Waals surface area contributed by atoms with Crippen LogP contribution in [0.15, 0.2) is 176 Å². The normalized spacial score (nSPS) is 14.8. The van der Waals surface area contributed by atoms with E-state index in [1.807, 2.05) is 0 Å². The number of nitrogens with zero attached hydrogens (tertiary/aromatic N) is 2. The van der Waals surface area contributed by atoms with Crippen molar-refractivity contribution >= 4 is 75.9 Å². The van der Waals surface area contributed by atoms with Gasteiger partial charge in [-0.2, -0.15) is 0 Å². The highest BCUT2D eigenvalue weighted by molar-refractivity contribution is 6.26. The minimum Gasteiger partial charge on any atom is -0.333 e. The number of para-hydroxylation sites is 2. The first-order valence-electron chi connectivity index (χ1n) is 17.6. The molecule has 0 radical (unpaired) electrons. The summed E-state index contributed by atoms with van der Waals surface area (Å²) in [6, 6.07) is 56.6. The Balaban J connectivity index is 1.18. The van der Waals surface area contributed by atoms with Crippen LogP contribution in [0.4, 0.5) is 0 Å². The average molecular weight is 637 g/mol. The number of rotatable bonds is 3. The molecule has 2 nitrogen and oxygen atoms in total. The molecule has 1 aliphatic rings. The number of benzene rings is 8. The van der Waals surface area contributed by atoms with Gasteiger partial charge in [0.05, 0.1) is 22.6 Å². The molecule has 0 amide bonds. The molecule has 234 valence electrons. The van der Waals surface area contributed by atoms with E-state index in [4.69, 9.17) is 0 Å². The van der Waals surface area contributed by atoms with E-state index in [1.54, 1.807) is 0 Å². The van der Waals surface area contributed by atoms with Gasteiger partial charge in [0.25, 0.3) is 0 Å². The summed E-state index contributed by atoms with van der Waals surface area (Å²) in [6.07, 6.45) is 9.96. The highest BCUT2D eigenvalue weighted by atomic mass is 15.0. The van der Waals surface area contributed by atoms with Gasteiger partial charge >= 0.3 is 0 Å². The van der Waals surface area contributed by atoms with Crippen molar-refractivity contribution < 1.29 is 0 Å². The molecule has 1 aliphatic carbocycles. The summed E-state index contributed by atoms with van der Waals surface area (Å²) >= 11 is 0. The third-order valence-corrected chi connectivity index (χ3v) is 11.0. The van der Waals surface area contributed by atoms with Gasteiger partial charge in [0.15, 0.2) is 0 Å². The molecule has 11 rings (SSSR count). The molecule has 2 aromatic heterocycles. The lowest BCUT2D eigenvalue weighted by atomic mass is 9.94. The molecule has 0 saturated heterocycles. The molecule has 0 bridgehead atoms. The molecule has 0 N–H and O–H groups in total. The molecule has 0 saturated carbocycles. The van der Waals surface area contributed by atoms with Gasteiger partial charge in [-0.25, -0.2) is 0 Å². The van der Waals surface area contributed by atoms with Crippen LogP contribution in [-0.4, -0.2) is 9.13 Å². The van der Waals surface area contributed by atoms with Gasteiger partial charge in [0.2, 0.25) is 0 Å². The number of hydrogen-bond donors (Lipinski definition) is 0. The van der Waals surface area contributed by atoms with Crippen LogP contribution < -0.4 is 0 Å². The van der Waals surface area contributed by atoms with Crippen molar-refractivity contribution in [2.24, 2.45) is 0 Å². The molecule has 0 spiro atoms. The Morgan fingerprint density at radius 1 is 0.420 bits per heavy atom. The van der Waals surface area contributed by atoms with E-state index in [0.29, 0.717) is 0 Å². The summed E-state index contributed by atoms with van der Waals surface area (Å²) in [5.41, 5.74) is 8.67. The molecule has 2 heteroatoms. The highest BCUT2D eigenvalue weighted by Crippen LogP contribution is 2.43. The summed E-state index contributed by atoms with van der Waals surface area (Å²) in [7, 11) is 0. The van der Waals surface area contributed by atoms with Crippen molar-refractivity contribution in [3.63, 3.8) is 0 Å². The molecule has 1 unspecified atom stereocenters. The van der Waals surface area contributed by atoms with Crippen LogP contribution >= 0.6 is 0 Å². The van der Waals surface area contributed by atoms with Crippen LogP contribution in [0.1, 0.15) is 12.5 Å². The predicted octanol–water partition coefficient (Wildman–Crippen LogP) is 13.1. The summed E-state index contributed by atoms with van der Waals surface area (Å²) in [5, 5.41) is 12.9. The van der Waals surface area contributed by atoms with Crippen molar-refractivity contribution in [2.75, 3.05) is 0 Å². The molecule has 8 aromatic carbocycles. The largest absolute Gasteiger partial charge is 0.333 e. The standard InChI is InChI=1S/C48H32N2/c1-2-13-32(14-3-1)49-44-22-10-8-19-40(44)41-27-25-31(29-47(41)49)34-21-12-24-46-48(34)42-20-9-11-23-45(42)50(46)33-26-28-39-37-17-5-4-15-35(37)36-16-6-7-18-38(36)43(39)30-33/h1-13,15-30,32H,14H2. The first kappa shape index (κ1) is 27.6. The summed E-state index contributed by atoms with van der Waals surface area (Å²) in [6.45, 7) is 0. The quantitative estimate of drug-likeness (QED) is 0.171. The van der Waals surface area contributed by atoms with Gasteiger partial charge in [0, 0.05) is 32.7 Å². The molecule has 0 aliphatic heterocycles. The lowest BCUT2D eigenvalue weighted by Gasteiger charge is -2.18. The predicted molar refractivity (Wildman–Crippen MR) is 214 cm³/mol. The lowest BCUT2D eigenvalue weighted by Crippen LogP contribution is -2.06. The second-order valence-electron chi connectivity index (χ2n) is 13.6. The minimum atomic E-state index is 0.288. The molecular formula is C48H32N2. The van der Waals surface area contributed by atoms with Crippen LogP contribution in [0.25, 0.3) is 92.7 Å². The lowest BCUT2D eigenvalue weighted by molar-refractivity contribution is 0.648. The van der Waals surface area contributed by atoms with Crippen molar-refractivity contribution in [3.8, 4) is 16.8 Å². The van der Waals surface area contributed by atoms with E-state index in [0.717, 1.165) is 6.42 Å². The Bertz CT molecular complexity index is 3040. The Hall–Kier alpha value is -6.38. The number of hydrogen-bond acceptors (Lipinski definition) is 0. The maximum Gasteiger partial charge on any atom is 0.0560 e. The molecule has 50 heavy (non-hydrogen) atoms. The Morgan fingerprint density at radius 3 is 1.76 bits per heavy atom. The molecular weight excluding hydrogens is 605 g/mol. The zero-order chi connectivity index (χ0) is 32.8. The van der Waals surface area contributed by atoms with E-state index in [-0.39, 0.29) is 6.04 Å². The molecule has 2 heterocycles. The van der Waals surface area contributed by atoms with Crippen LogP contribution in [0.3, 0.4) is 0 Å². The zero-order valence-corrected chi connectivity index (χ0v) is 27.4. The average Bonchev–Trinajstić information content (AvgIpc) is 3.71. The summed E-state index contributed by atoms with van der Waals surface area (Å²) in [4.78, 5) is 0. The Labute approximate surface area is 289 Å². The Morgan fingerprint density at radius 2 is 1.02 bits per heavy atom. The van der Waals surface area contributed by atoms with Gasteiger partial charge in [-0.15, -0.1) is 0 Å². The van der Waals surface area contributed by atoms with Crippen molar-refractivity contribution in [1.82, 2.24) is 9.13 Å². The zero-order valence-electron chi connectivity index (χ0n) is 27.4. The van der Waals surface area contributed by atoms with Gasteiger partial charge in [-0.3, -0.25) is 0 Å². The molecule has 10 aromatic rings. The van der Waals surface area contributed by atoms with E-state index in [1.165, 1.54) is 92.7 Å². The highest BCUT2D eigenvalue weighted by Gasteiger charge is 2.20. The van der Waals surface area contributed by atoms with Crippen LogP contribution in [0.5, 0.6) is 0 Å². The maximum atomic E-state index is 2.54. The van der Waals surface area contributed by atoms with Gasteiger partial charge in [-0.1, -0.05) is 140 Å². The minimum absolute atomic E-state index is 0.288. The van der Waals surface area contributed by atoms with Crippen molar-refractivity contribution in [2.45, 2.75) is 12.5 Å². The van der Waals surface area contributed by atoms with Gasteiger partial charge in [0.1, 0.15) is 0 Å². The smallest absolute Gasteiger partial charge is 0.0560 e. The van der Waals surface area contributed by atoms with E-state index < -0.39 is 0 Å². The third kappa shape index (κ3) is 3.85. The monoisotopic (exact) mass is 636 g/mol. The fourth-order valence-electron chi connectivity index (χ4n) is 8.86. The fraction of sp³-hybridized carbons (Fsp3) is 0.0417. The second kappa shape index (κ2) is 10.6. The number of fused-ring (bicyclic) bond motifs is 12. The topological polar surface area (TPSA) is 9.86 Å². The second-order valence-corrected chi connectivity index (χ2v) is 13.6.